The molecule has 0 saturated heterocycles. The topological polar surface area (TPSA) is 67.4 Å². The number of anilines is 1. The zero-order chi connectivity index (χ0) is 19.2. The van der Waals surface area contributed by atoms with Crippen LogP contribution in [-0.2, 0) is 10.2 Å². The summed E-state index contributed by atoms with van der Waals surface area (Å²) in [6.45, 7) is 8.68. The smallest absolute Gasteiger partial charge is 0.340 e. The third-order valence-corrected chi connectivity index (χ3v) is 4.19. The molecule has 0 atom stereocenters. The summed E-state index contributed by atoms with van der Waals surface area (Å²) in [5, 5.41) is 5.61. The van der Waals surface area contributed by atoms with Gasteiger partial charge in [-0.2, -0.15) is 0 Å². The fourth-order valence-electron chi connectivity index (χ4n) is 2.55. The second-order valence-electron chi connectivity index (χ2n) is 6.82. The number of rotatable bonds is 6. The fraction of sp³-hybridized carbons (Fsp3) is 0.333. The van der Waals surface area contributed by atoms with E-state index < -0.39 is 5.97 Å². The normalized spacial score (nSPS) is 10.9. The summed E-state index contributed by atoms with van der Waals surface area (Å²) in [5.41, 5.74) is 2.89. The molecule has 0 aliphatic heterocycles. The maximum absolute atomic E-state index is 12.3. The summed E-state index contributed by atoms with van der Waals surface area (Å²) < 4.78 is 5.02. The van der Waals surface area contributed by atoms with Crippen LogP contribution in [0.1, 0.15) is 42.3 Å². The molecular weight excluding hydrogens is 328 g/mol. The van der Waals surface area contributed by atoms with Crippen molar-refractivity contribution in [1.82, 2.24) is 5.32 Å². The van der Waals surface area contributed by atoms with Gasteiger partial charge in [0.05, 0.1) is 17.9 Å². The predicted octanol–water partition coefficient (Wildman–Crippen LogP) is 4.27. The standard InChI is InChI=1S/C21H26N2O3/c1-5-26-19(24)17-8-6-7-9-18(17)23-20(25)22-14-21(3,4)16-12-10-15(2)11-13-16/h6-13H,5,14H2,1-4H3,(H2,22,23,25). The van der Waals surface area contributed by atoms with Crippen molar-refractivity contribution in [3.05, 3.63) is 65.2 Å². The first-order chi connectivity index (χ1) is 12.3. The first-order valence-electron chi connectivity index (χ1n) is 8.71. The van der Waals surface area contributed by atoms with E-state index in [2.05, 4.69) is 48.7 Å². The van der Waals surface area contributed by atoms with Crippen LogP contribution >= 0.6 is 0 Å². The van der Waals surface area contributed by atoms with E-state index in [1.807, 2.05) is 6.92 Å². The molecule has 0 spiro atoms. The Morgan fingerprint density at radius 1 is 1.04 bits per heavy atom. The van der Waals surface area contributed by atoms with E-state index in [0.717, 1.165) is 5.56 Å². The Labute approximate surface area is 154 Å². The van der Waals surface area contributed by atoms with Crippen molar-refractivity contribution in [2.45, 2.75) is 33.1 Å². The highest BCUT2D eigenvalue weighted by Gasteiger charge is 2.22. The zero-order valence-corrected chi connectivity index (χ0v) is 15.8. The molecule has 138 valence electrons. The molecule has 5 heteroatoms. The van der Waals surface area contributed by atoms with Crippen molar-refractivity contribution < 1.29 is 14.3 Å². The molecule has 0 saturated carbocycles. The van der Waals surface area contributed by atoms with Gasteiger partial charge in [0.25, 0.3) is 0 Å². The number of carbonyl (C=O) groups is 2. The van der Waals surface area contributed by atoms with E-state index in [9.17, 15) is 9.59 Å². The Kier molecular flexibility index (Phi) is 6.39. The number of hydrogen-bond acceptors (Lipinski definition) is 3. The van der Waals surface area contributed by atoms with E-state index in [0.29, 0.717) is 17.8 Å². The number of carbonyl (C=O) groups excluding carboxylic acids is 2. The number of hydrogen-bond donors (Lipinski definition) is 2. The van der Waals surface area contributed by atoms with E-state index in [1.54, 1.807) is 31.2 Å². The Balaban J connectivity index is 2.01. The molecule has 0 bridgehead atoms. The molecule has 0 aliphatic carbocycles. The minimum atomic E-state index is -0.455. The van der Waals surface area contributed by atoms with Crippen molar-refractivity contribution in [2.24, 2.45) is 0 Å². The molecule has 0 aromatic heterocycles. The summed E-state index contributed by atoms with van der Waals surface area (Å²) in [7, 11) is 0. The molecule has 0 heterocycles. The molecule has 2 rings (SSSR count). The van der Waals surface area contributed by atoms with Crippen molar-refractivity contribution in [2.75, 3.05) is 18.5 Å². The second kappa shape index (κ2) is 8.52. The number of aryl methyl sites for hydroxylation is 1. The van der Waals surface area contributed by atoms with Gasteiger partial charge in [-0.05, 0) is 31.5 Å². The van der Waals surface area contributed by atoms with Gasteiger partial charge in [0.1, 0.15) is 0 Å². The highest BCUT2D eigenvalue weighted by molar-refractivity contribution is 6.00. The van der Waals surface area contributed by atoms with Crippen LogP contribution in [0, 0.1) is 6.92 Å². The Morgan fingerprint density at radius 3 is 2.35 bits per heavy atom. The Bertz CT molecular complexity index is 767. The highest BCUT2D eigenvalue weighted by atomic mass is 16.5. The first kappa shape index (κ1) is 19.5. The predicted molar refractivity (Wildman–Crippen MR) is 104 cm³/mol. The molecule has 2 aromatic carbocycles. The number of para-hydroxylation sites is 1. The van der Waals surface area contributed by atoms with Crippen LogP contribution in [-0.4, -0.2) is 25.2 Å². The van der Waals surface area contributed by atoms with Crippen molar-refractivity contribution >= 4 is 17.7 Å². The molecule has 2 amide bonds. The molecular formula is C21H26N2O3. The largest absolute Gasteiger partial charge is 0.462 e. The van der Waals surface area contributed by atoms with Crippen LogP contribution in [0.2, 0.25) is 0 Å². The van der Waals surface area contributed by atoms with Gasteiger partial charge in [0.2, 0.25) is 0 Å². The van der Waals surface area contributed by atoms with Crippen LogP contribution in [0.5, 0.6) is 0 Å². The number of esters is 1. The summed E-state index contributed by atoms with van der Waals surface area (Å²) in [6.07, 6.45) is 0. The maximum atomic E-state index is 12.3. The van der Waals surface area contributed by atoms with Crippen LogP contribution in [0.15, 0.2) is 48.5 Å². The zero-order valence-electron chi connectivity index (χ0n) is 15.8. The molecule has 0 radical (unpaired) electrons. The number of nitrogens with one attached hydrogen (secondary N) is 2. The second-order valence-corrected chi connectivity index (χ2v) is 6.82. The molecule has 2 aromatic rings. The van der Waals surface area contributed by atoms with E-state index in [4.69, 9.17) is 4.74 Å². The average Bonchev–Trinajstić information content (AvgIpc) is 2.61. The lowest BCUT2D eigenvalue weighted by molar-refractivity contribution is 0.0527. The lowest BCUT2D eigenvalue weighted by atomic mass is 9.84. The Hall–Kier alpha value is -2.82. The average molecular weight is 354 g/mol. The molecule has 5 nitrogen and oxygen atoms in total. The van der Waals surface area contributed by atoms with Gasteiger partial charge in [-0.3, -0.25) is 0 Å². The van der Waals surface area contributed by atoms with Crippen LogP contribution < -0.4 is 10.6 Å². The minimum absolute atomic E-state index is 0.217. The molecule has 0 aliphatic rings. The number of benzene rings is 2. The summed E-state index contributed by atoms with van der Waals surface area (Å²) in [4.78, 5) is 24.3. The van der Waals surface area contributed by atoms with Gasteiger partial charge >= 0.3 is 12.0 Å². The fourth-order valence-corrected chi connectivity index (χ4v) is 2.55. The lowest BCUT2D eigenvalue weighted by Gasteiger charge is -2.26. The monoisotopic (exact) mass is 354 g/mol. The van der Waals surface area contributed by atoms with E-state index in [1.165, 1.54) is 5.56 Å². The van der Waals surface area contributed by atoms with Crippen LogP contribution in [0.3, 0.4) is 0 Å². The number of ether oxygens (including phenoxy) is 1. The molecule has 26 heavy (non-hydrogen) atoms. The summed E-state index contributed by atoms with van der Waals surface area (Å²) in [5.74, 6) is -0.455. The van der Waals surface area contributed by atoms with E-state index >= 15 is 0 Å². The lowest BCUT2D eigenvalue weighted by Crippen LogP contribution is -2.39. The molecule has 0 fully saturated rings. The van der Waals surface area contributed by atoms with Gasteiger partial charge in [-0.15, -0.1) is 0 Å². The van der Waals surface area contributed by atoms with Gasteiger partial charge in [-0.1, -0.05) is 55.8 Å². The van der Waals surface area contributed by atoms with Crippen molar-refractivity contribution in [1.29, 1.82) is 0 Å². The van der Waals surface area contributed by atoms with Gasteiger partial charge < -0.3 is 15.4 Å². The number of amides is 2. The van der Waals surface area contributed by atoms with Crippen molar-refractivity contribution in [3.8, 4) is 0 Å². The maximum Gasteiger partial charge on any atom is 0.340 e. The van der Waals surface area contributed by atoms with E-state index in [-0.39, 0.29) is 18.1 Å². The Morgan fingerprint density at radius 2 is 1.69 bits per heavy atom. The van der Waals surface area contributed by atoms with Crippen molar-refractivity contribution in [3.63, 3.8) is 0 Å². The van der Waals surface area contributed by atoms with Gasteiger partial charge in [-0.25, -0.2) is 9.59 Å². The first-order valence-corrected chi connectivity index (χ1v) is 8.71. The van der Waals surface area contributed by atoms with Crippen LogP contribution in [0.25, 0.3) is 0 Å². The minimum Gasteiger partial charge on any atom is -0.462 e. The highest BCUT2D eigenvalue weighted by Crippen LogP contribution is 2.23. The number of urea groups is 1. The summed E-state index contributed by atoms with van der Waals surface area (Å²) in [6, 6.07) is 14.7. The van der Waals surface area contributed by atoms with Crippen LogP contribution in [0.4, 0.5) is 10.5 Å². The third kappa shape index (κ3) is 5.09. The molecule has 0 unspecified atom stereocenters. The summed E-state index contributed by atoms with van der Waals surface area (Å²) >= 11 is 0. The van der Waals surface area contributed by atoms with Gasteiger partial charge in [0, 0.05) is 12.0 Å². The quantitative estimate of drug-likeness (QED) is 0.761. The van der Waals surface area contributed by atoms with Gasteiger partial charge in [0.15, 0.2) is 0 Å². The molecule has 2 N–H and O–H groups in total. The SMILES string of the molecule is CCOC(=O)c1ccccc1NC(=O)NCC(C)(C)c1ccc(C)cc1. The third-order valence-electron chi connectivity index (χ3n) is 4.19.